The molecule has 114 valence electrons. The van der Waals surface area contributed by atoms with E-state index in [1.165, 1.54) is 0 Å². The number of aryl methyl sites for hydroxylation is 1. The lowest BCUT2D eigenvalue weighted by Crippen LogP contribution is -2.15. The fourth-order valence-electron chi connectivity index (χ4n) is 2.20. The predicted octanol–water partition coefficient (Wildman–Crippen LogP) is 4.17. The molecule has 1 aromatic carbocycles. The van der Waals surface area contributed by atoms with Crippen LogP contribution in [0.15, 0.2) is 24.4 Å². The number of nitrogens with zero attached hydrogens (tertiary/aromatic N) is 2. The van der Waals surface area contributed by atoms with Gasteiger partial charge >= 0.3 is 0 Å². The van der Waals surface area contributed by atoms with E-state index in [1.807, 2.05) is 25.3 Å². The third kappa shape index (κ3) is 3.90. The van der Waals surface area contributed by atoms with E-state index in [1.54, 1.807) is 13.2 Å². The maximum Gasteiger partial charge on any atom is 0.203 e. The second-order valence-electron chi connectivity index (χ2n) is 4.87. The molecule has 0 aliphatic carbocycles. The first kappa shape index (κ1) is 16.1. The van der Waals surface area contributed by atoms with Gasteiger partial charge in [0, 0.05) is 29.9 Å². The van der Waals surface area contributed by atoms with Crippen molar-refractivity contribution < 1.29 is 4.74 Å². The fraction of sp³-hybridized carbons (Fsp3) is 0.400. The van der Waals surface area contributed by atoms with Gasteiger partial charge in [-0.25, -0.2) is 4.98 Å². The molecule has 6 heteroatoms. The first-order chi connectivity index (χ1) is 10.0. The van der Waals surface area contributed by atoms with Crippen LogP contribution < -0.4 is 5.32 Å². The van der Waals surface area contributed by atoms with E-state index >= 15 is 0 Å². The van der Waals surface area contributed by atoms with Crippen molar-refractivity contribution in [2.75, 3.05) is 25.6 Å². The number of hydrogen-bond donors (Lipinski definition) is 1. The third-order valence-electron chi connectivity index (χ3n) is 3.27. The Kier molecular flexibility index (Phi) is 5.51. The lowest BCUT2D eigenvalue weighted by molar-refractivity contribution is 0.210. The lowest BCUT2D eigenvalue weighted by atomic mass is 10.1. The minimum atomic E-state index is 0.0565. The normalized spacial score (nSPS) is 12.4. The van der Waals surface area contributed by atoms with E-state index in [0.29, 0.717) is 23.2 Å². The highest BCUT2D eigenvalue weighted by atomic mass is 35.5. The minimum absolute atomic E-state index is 0.0565. The second kappa shape index (κ2) is 7.16. The number of aromatic nitrogens is 2. The molecule has 4 nitrogen and oxygen atoms in total. The van der Waals surface area contributed by atoms with Gasteiger partial charge < -0.3 is 14.6 Å². The smallest absolute Gasteiger partial charge is 0.203 e. The van der Waals surface area contributed by atoms with Crippen LogP contribution in [0.3, 0.4) is 0 Å². The molecule has 1 N–H and O–H groups in total. The Balaban J connectivity index is 2.27. The molecule has 0 spiro atoms. The molecule has 2 rings (SSSR count). The van der Waals surface area contributed by atoms with Gasteiger partial charge in [0.05, 0.1) is 18.3 Å². The predicted molar refractivity (Wildman–Crippen MR) is 87.6 cm³/mol. The average molecular weight is 328 g/mol. The molecule has 0 saturated carbocycles. The van der Waals surface area contributed by atoms with Gasteiger partial charge in [-0.1, -0.05) is 29.3 Å². The Morgan fingerprint density at radius 1 is 1.38 bits per heavy atom. The summed E-state index contributed by atoms with van der Waals surface area (Å²) < 4.78 is 7.12. The lowest BCUT2D eigenvalue weighted by Gasteiger charge is -2.18. The van der Waals surface area contributed by atoms with Gasteiger partial charge in [-0.15, -0.1) is 0 Å². The van der Waals surface area contributed by atoms with Crippen LogP contribution in [0.1, 0.15) is 24.2 Å². The first-order valence-corrected chi connectivity index (χ1v) is 7.51. The molecule has 0 aliphatic heterocycles. The summed E-state index contributed by atoms with van der Waals surface area (Å²) in [7, 11) is 1.68. The molecule has 2 aromatic rings. The molecule has 1 atom stereocenters. The summed E-state index contributed by atoms with van der Waals surface area (Å²) in [6, 6.07) is 5.61. The van der Waals surface area contributed by atoms with E-state index < -0.39 is 0 Å². The van der Waals surface area contributed by atoms with Gasteiger partial charge in [0.1, 0.15) is 0 Å². The number of anilines is 1. The van der Waals surface area contributed by atoms with E-state index in [4.69, 9.17) is 27.9 Å². The first-order valence-electron chi connectivity index (χ1n) is 6.76. The minimum Gasteiger partial charge on any atom is -0.383 e. The maximum absolute atomic E-state index is 6.30. The van der Waals surface area contributed by atoms with Crippen LogP contribution in [0, 0.1) is 6.92 Å². The Bertz CT molecular complexity index is 613. The summed E-state index contributed by atoms with van der Waals surface area (Å²) in [4.78, 5) is 4.50. The number of methoxy groups -OCH3 is 1. The number of nitrogens with one attached hydrogen (secondary N) is 1. The van der Waals surface area contributed by atoms with Crippen LogP contribution in [0.25, 0.3) is 0 Å². The molecule has 1 heterocycles. The number of benzene rings is 1. The van der Waals surface area contributed by atoms with Crippen molar-refractivity contribution in [3.63, 3.8) is 0 Å². The molecule has 21 heavy (non-hydrogen) atoms. The summed E-state index contributed by atoms with van der Waals surface area (Å²) >= 11 is 12.3. The largest absolute Gasteiger partial charge is 0.383 e. The van der Waals surface area contributed by atoms with Gasteiger partial charge in [-0.3, -0.25) is 0 Å². The average Bonchev–Trinajstić information content (AvgIpc) is 2.79. The van der Waals surface area contributed by atoms with Crippen molar-refractivity contribution in [3.8, 4) is 0 Å². The van der Waals surface area contributed by atoms with Crippen molar-refractivity contribution in [2.24, 2.45) is 0 Å². The SMILES string of the molecule is COCCNc1nc(C)cn1C(C)c1ccc(Cl)cc1Cl. The van der Waals surface area contributed by atoms with E-state index in [0.717, 1.165) is 17.2 Å². The monoisotopic (exact) mass is 327 g/mol. The number of ether oxygens (including phenoxy) is 1. The fourth-order valence-corrected chi connectivity index (χ4v) is 2.76. The molecule has 1 aromatic heterocycles. The summed E-state index contributed by atoms with van der Waals surface area (Å²) in [5.74, 6) is 0.808. The molecular formula is C15H19Cl2N3O. The zero-order valence-corrected chi connectivity index (χ0v) is 13.9. The number of rotatable bonds is 6. The van der Waals surface area contributed by atoms with Gasteiger partial charge in [-0.2, -0.15) is 0 Å². The Labute approximate surface area is 135 Å². The number of imidazole rings is 1. The van der Waals surface area contributed by atoms with Crippen molar-refractivity contribution in [3.05, 3.63) is 45.7 Å². The van der Waals surface area contributed by atoms with Gasteiger partial charge in [0.15, 0.2) is 0 Å². The van der Waals surface area contributed by atoms with E-state index in [2.05, 4.69) is 21.8 Å². The van der Waals surface area contributed by atoms with Crippen molar-refractivity contribution >= 4 is 29.2 Å². The van der Waals surface area contributed by atoms with Gasteiger partial charge in [-0.05, 0) is 31.5 Å². The van der Waals surface area contributed by atoms with E-state index in [9.17, 15) is 0 Å². The summed E-state index contributed by atoms with van der Waals surface area (Å²) in [5.41, 5.74) is 1.96. The summed E-state index contributed by atoms with van der Waals surface area (Å²) in [6.45, 7) is 5.38. The Morgan fingerprint density at radius 2 is 2.14 bits per heavy atom. The van der Waals surface area contributed by atoms with Gasteiger partial charge in [0.2, 0.25) is 5.95 Å². The van der Waals surface area contributed by atoms with Crippen LogP contribution >= 0.6 is 23.2 Å². The third-order valence-corrected chi connectivity index (χ3v) is 3.83. The summed E-state index contributed by atoms with van der Waals surface area (Å²) in [5, 5.41) is 4.57. The highest BCUT2D eigenvalue weighted by Crippen LogP contribution is 2.30. The quantitative estimate of drug-likeness (QED) is 0.809. The molecule has 0 saturated heterocycles. The molecule has 0 bridgehead atoms. The van der Waals surface area contributed by atoms with Gasteiger partial charge in [0.25, 0.3) is 0 Å². The number of halogens is 2. The zero-order valence-electron chi connectivity index (χ0n) is 12.4. The topological polar surface area (TPSA) is 39.1 Å². The molecule has 1 unspecified atom stereocenters. The standard InChI is InChI=1S/C15H19Cl2N3O/c1-10-9-20(15(19-10)18-6-7-21-3)11(2)13-5-4-12(16)8-14(13)17/h4-5,8-9,11H,6-7H2,1-3H3,(H,18,19). The zero-order chi connectivity index (χ0) is 15.4. The van der Waals surface area contributed by atoms with Crippen LogP contribution in [0.4, 0.5) is 5.95 Å². The van der Waals surface area contributed by atoms with Crippen LogP contribution in [-0.4, -0.2) is 29.8 Å². The Hall–Kier alpha value is -1.23. The van der Waals surface area contributed by atoms with Crippen LogP contribution in [0.2, 0.25) is 10.0 Å². The molecular weight excluding hydrogens is 309 g/mol. The highest BCUT2D eigenvalue weighted by molar-refractivity contribution is 6.35. The molecule has 0 aliphatic rings. The van der Waals surface area contributed by atoms with Crippen LogP contribution in [-0.2, 0) is 4.74 Å². The molecule has 0 amide bonds. The van der Waals surface area contributed by atoms with Crippen molar-refractivity contribution in [2.45, 2.75) is 19.9 Å². The van der Waals surface area contributed by atoms with Crippen molar-refractivity contribution in [1.29, 1.82) is 0 Å². The molecule has 0 fully saturated rings. The highest BCUT2D eigenvalue weighted by Gasteiger charge is 2.16. The van der Waals surface area contributed by atoms with E-state index in [-0.39, 0.29) is 6.04 Å². The number of hydrogen-bond acceptors (Lipinski definition) is 3. The maximum atomic E-state index is 6.30. The van der Waals surface area contributed by atoms with Crippen molar-refractivity contribution in [1.82, 2.24) is 9.55 Å². The summed E-state index contributed by atoms with van der Waals surface area (Å²) in [6.07, 6.45) is 2.00. The van der Waals surface area contributed by atoms with Crippen LogP contribution in [0.5, 0.6) is 0 Å². The Morgan fingerprint density at radius 3 is 2.81 bits per heavy atom. The second-order valence-corrected chi connectivity index (χ2v) is 5.72. The molecule has 0 radical (unpaired) electrons.